The van der Waals surface area contributed by atoms with Crippen molar-refractivity contribution < 1.29 is 18.1 Å². The van der Waals surface area contributed by atoms with Gasteiger partial charge in [0, 0.05) is 11.3 Å². The minimum atomic E-state index is -0.417. The van der Waals surface area contributed by atoms with Gasteiger partial charge in [0.05, 0.1) is 30.6 Å². The van der Waals surface area contributed by atoms with Crippen molar-refractivity contribution in [2.45, 2.75) is 44.8 Å². The van der Waals surface area contributed by atoms with E-state index in [2.05, 4.69) is 31.9 Å². The van der Waals surface area contributed by atoms with Gasteiger partial charge in [-0.25, -0.2) is 0 Å². The first-order valence-electron chi connectivity index (χ1n) is 10.8. The van der Waals surface area contributed by atoms with Crippen molar-refractivity contribution >= 4 is 23.7 Å². The fourth-order valence-corrected chi connectivity index (χ4v) is 3.26. The fraction of sp³-hybridized carbons (Fsp3) is 0.462. The quantitative estimate of drug-likeness (QED) is 0.174. The summed E-state index contributed by atoms with van der Waals surface area (Å²) in [5, 5.41) is -0.417. The van der Waals surface area contributed by atoms with E-state index in [-0.39, 0.29) is 37.4 Å². The van der Waals surface area contributed by atoms with Crippen LogP contribution in [0.15, 0.2) is 48.5 Å². The molecule has 0 radical (unpaired) electrons. The molecule has 0 spiro atoms. The average molecular weight is 481 g/mol. The number of hydrogen-bond acceptors (Lipinski definition) is 4. The third kappa shape index (κ3) is 9.32. The molecule has 0 saturated carbocycles. The summed E-state index contributed by atoms with van der Waals surface area (Å²) in [6.45, 7) is 9.55. The van der Waals surface area contributed by atoms with Crippen molar-refractivity contribution in [1.29, 1.82) is 0 Å². The molecule has 32 heavy (non-hydrogen) atoms. The van der Waals surface area contributed by atoms with Gasteiger partial charge in [-0.05, 0) is 41.8 Å². The van der Waals surface area contributed by atoms with E-state index in [1.54, 1.807) is 0 Å². The van der Waals surface area contributed by atoms with E-state index in [9.17, 15) is 3.89 Å². The van der Waals surface area contributed by atoms with Crippen molar-refractivity contribution in [3.05, 3.63) is 59.7 Å². The average Bonchev–Trinajstić information content (AvgIpc) is 2.83. The zero-order valence-corrected chi connectivity index (χ0v) is 21.0. The standard InChI is InChI=1S/C24H28ClFO3S.C2H6/c1-4-15-27-17-23(30-26)18-29-22-12-8-20(9-13-22)24(2,3)19-6-10-21(11-7-19)28-16-5-14-25;1-2/h1,6-13,23H,5,14-18H2,2-3H3;1-2H3. The molecule has 0 saturated heterocycles. The lowest BCUT2D eigenvalue weighted by atomic mass is 9.78. The molecular weight excluding hydrogens is 447 g/mol. The summed E-state index contributed by atoms with van der Waals surface area (Å²) in [4.78, 5) is 0. The Kier molecular flexibility index (Phi) is 14.0. The van der Waals surface area contributed by atoms with Gasteiger partial charge in [0.15, 0.2) is 0 Å². The van der Waals surface area contributed by atoms with E-state index in [1.165, 1.54) is 5.56 Å². The largest absolute Gasteiger partial charge is 0.494 e. The molecule has 2 aromatic carbocycles. The van der Waals surface area contributed by atoms with Gasteiger partial charge in [-0.1, -0.05) is 57.9 Å². The van der Waals surface area contributed by atoms with Gasteiger partial charge >= 0.3 is 0 Å². The Hall–Kier alpha value is -1.87. The van der Waals surface area contributed by atoms with Gasteiger partial charge in [0.2, 0.25) is 0 Å². The molecule has 0 heterocycles. The zero-order chi connectivity index (χ0) is 23.8. The van der Waals surface area contributed by atoms with Gasteiger partial charge < -0.3 is 14.2 Å². The molecule has 0 N–H and O–H groups in total. The zero-order valence-electron chi connectivity index (χ0n) is 19.4. The third-order valence-corrected chi connectivity index (χ3v) is 5.54. The molecule has 2 rings (SSSR count). The second-order valence-corrected chi connectivity index (χ2v) is 8.53. The second kappa shape index (κ2) is 15.9. The highest BCUT2D eigenvalue weighted by atomic mass is 35.5. The SMILES string of the molecule is C#CCOCC(COc1ccc(C(C)(C)c2ccc(OCCCCl)cc2)cc1)SF.CC. The number of halogens is 2. The van der Waals surface area contributed by atoms with E-state index in [1.807, 2.05) is 50.2 Å². The highest BCUT2D eigenvalue weighted by Gasteiger charge is 2.23. The fourth-order valence-electron chi connectivity index (χ4n) is 2.88. The first-order valence-corrected chi connectivity index (χ1v) is 12.1. The van der Waals surface area contributed by atoms with Gasteiger partial charge in [-0.2, -0.15) is 3.89 Å². The van der Waals surface area contributed by atoms with Crippen molar-refractivity contribution in [2.24, 2.45) is 0 Å². The molecule has 1 unspecified atom stereocenters. The molecule has 0 fully saturated rings. The number of rotatable bonds is 13. The van der Waals surface area contributed by atoms with Gasteiger partial charge in [0.1, 0.15) is 24.7 Å². The van der Waals surface area contributed by atoms with Crippen LogP contribution in [0.4, 0.5) is 3.89 Å². The molecule has 0 bridgehead atoms. The van der Waals surface area contributed by atoms with Crippen LogP contribution in [-0.2, 0) is 10.2 Å². The second-order valence-electron chi connectivity index (χ2n) is 7.31. The van der Waals surface area contributed by atoms with Crippen LogP contribution < -0.4 is 9.47 Å². The Morgan fingerprint density at radius 3 is 1.97 bits per heavy atom. The molecule has 6 heteroatoms. The lowest BCUT2D eigenvalue weighted by Crippen LogP contribution is -2.20. The molecule has 3 nitrogen and oxygen atoms in total. The van der Waals surface area contributed by atoms with Crippen molar-refractivity contribution in [3.63, 3.8) is 0 Å². The Morgan fingerprint density at radius 1 is 0.969 bits per heavy atom. The summed E-state index contributed by atoms with van der Waals surface area (Å²) >= 11 is 5.90. The maximum atomic E-state index is 13.0. The maximum Gasteiger partial charge on any atom is 0.119 e. The minimum absolute atomic E-state index is 0.168. The Labute approximate surface area is 202 Å². The van der Waals surface area contributed by atoms with E-state index in [4.69, 9.17) is 32.2 Å². The Morgan fingerprint density at radius 2 is 1.50 bits per heavy atom. The van der Waals surface area contributed by atoms with Gasteiger partial charge in [0.25, 0.3) is 0 Å². The number of benzene rings is 2. The number of hydrogen-bond donors (Lipinski definition) is 0. The van der Waals surface area contributed by atoms with E-state index >= 15 is 0 Å². The predicted molar refractivity (Wildman–Crippen MR) is 135 cm³/mol. The van der Waals surface area contributed by atoms with Crippen LogP contribution in [0.1, 0.15) is 45.2 Å². The minimum Gasteiger partial charge on any atom is -0.494 e. The third-order valence-electron chi connectivity index (χ3n) is 4.75. The van der Waals surface area contributed by atoms with Crippen molar-refractivity contribution in [1.82, 2.24) is 0 Å². The molecule has 0 aliphatic rings. The van der Waals surface area contributed by atoms with E-state index in [0.717, 1.165) is 17.7 Å². The van der Waals surface area contributed by atoms with Crippen LogP contribution in [0.3, 0.4) is 0 Å². The van der Waals surface area contributed by atoms with Gasteiger partial charge in [-0.15, -0.1) is 18.0 Å². The summed E-state index contributed by atoms with van der Waals surface area (Å²) in [5.74, 6) is 4.49. The predicted octanol–water partition coefficient (Wildman–Crippen LogP) is 7.06. The Bertz CT molecular complexity index is 788. The van der Waals surface area contributed by atoms with Crippen LogP contribution >= 0.6 is 23.7 Å². The van der Waals surface area contributed by atoms with E-state index < -0.39 is 5.25 Å². The first-order chi connectivity index (χ1) is 15.5. The summed E-state index contributed by atoms with van der Waals surface area (Å²) < 4.78 is 29.6. The van der Waals surface area contributed by atoms with Crippen LogP contribution in [0.25, 0.3) is 0 Å². The lowest BCUT2D eigenvalue weighted by Gasteiger charge is -2.26. The summed E-state index contributed by atoms with van der Waals surface area (Å²) in [5.41, 5.74) is 2.15. The smallest absolute Gasteiger partial charge is 0.119 e. The van der Waals surface area contributed by atoms with Crippen molar-refractivity contribution in [3.8, 4) is 23.8 Å². The molecule has 0 aliphatic heterocycles. The Balaban J connectivity index is 0.00000249. The number of terminal acetylenes is 1. The normalized spacial score (nSPS) is 11.7. The highest BCUT2D eigenvalue weighted by molar-refractivity contribution is 7.95. The number of alkyl halides is 1. The monoisotopic (exact) mass is 480 g/mol. The van der Waals surface area contributed by atoms with Gasteiger partial charge in [-0.3, -0.25) is 0 Å². The van der Waals surface area contributed by atoms with Crippen LogP contribution in [0.2, 0.25) is 0 Å². The number of ether oxygens (including phenoxy) is 3. The molecule has 0 amide bonds. The molecular formula is C26H34ClFO3S. The highest BCUT2D eigenvalue weighted by Crippen LogP contribution is 2.33. The molecule has 1 atom stereocenters. The molecule has 0 aliphatic carbocycles. The molecule has 0 aromatic heterocycles. The molecule has 176 valence electrons. The maximum absolute atomic E-state index is 13.0. The molecule has 2 aromatic rings. The van der Waals surface area contributed by atoms with Crippen LogP contribution in [-0.4, -0.2) is 37.6 Å². The summed E-state index contributed by atoms with van der Waals surface area (Å²) in [6.07, 6.45) is 5.95. The van der Waals surface area contributed by atoms with E-state index in [0.29, 0.717) is 18.2 Å². The van der Waals surface area contributed by atoms with Crippen LogP contribution in [0, 0.1) is 12.3 Å². The first kappa shape index (κ1) is 28.2. The summed E-state index contributed by atoms with van der Waals surface area (Å²) in [6, 6.07) is 16.0. The lowest BCUT2D eigenvalue weighted by molar-refractivity contribution is 0.151. The van der Waals surface area contributed by atoms with Crippen molar-refractivity contribution in [2.75, 3.05) is 32.3 Å². The van der Waals surface area contributed by atoms with Crippen LogP contribution in [0.5, 0.6) is 11.5 Å². The summed E-state index contributed by atoms with van der Waals surface area (Å²) in [7, 11) is 0. The topological polar surface area (TPSA) is 27.7 Å².